The zero-order valence-corrected chi connectivity index (χ0v) is 12.4. The maximum atomic E-state index is 12.8. The van der Waals surface area contributed by atoms with Crippen molar-refractivity contribution in [3.05, 3.63) is 42.2 Å². The number of nitrogens with zero attached hydrogens (tertiary/aromatic N) is 3. The van der Waals surface area contributed by atoms with Crippen LogP contribution in [0.3, 0.4) is 0 Å². The molecule has 2 unspecified atom stereocenters. The van der Waals surface area contributed by atoms with E-state index in [0.29, 0.717) is 11.6 Å². The molecule has 4 heteroatoms. The van der Waals surface area contributed by atoms with Gasteiger partial charge >= 0.3 is 0 Å². The monoisotopic (exact) mass is 283 g/mol. The summed E-state index contributed by atoms with van der Waals surface area (Å²) in [6, 6.07) is 9.73. The van der Waals surface area contributed by atoms with Gasteiger partial charge in [0, 0.05) is 5.92 Å². The SMILES string of the molecule is CCC1CCCC(C(=O)c2cnnn2-c2ccccc2)C1. The fourth-order valence-corrected chi connectivity index (χ4v) is 3.27. The third-order valence-electron chi connectivity index (χ3n) is 4.53. The summed E-state index contributed by atoms with van der Waals surface area (Å²) in [5.41, 5.74) is 1.50. The first-order valence-corrected chi connectivity index (χ1v) is 7.80. The van der Waals surface area contributed by atoms with Crippen LogP contribution in [0.15, 0.2) is 36.5 Å². The Morgan fingerprint density at radius 2 is 2.10 bits per heavy atom. The van der Waals surface area contributed by atoms with Crippen molar-refractivity contribution in [3.63, 3.8) is 0 Å². The highest BCUT2D eigenvalue weighted by atomic mass is 16.1. The number of rotatable bonds is 4. The Balaban J connectivity index is 1.84. The summed E-state index contributed by atoms with van der Waals surface area (Å²) in [5.74, 6) is 1.01. The third-order valence-corrected chi connectivity index (χ3v) is 4.53. The fraction of sp³-hybridized carbons (Fsp3) is 0.471. The van der Waals surface area contributed by atoms with E-state index in [-0.39, 0.29) is 11.7 Å². The fourth-order valence-electron chi connectivity index (χ4n) is 3.27. The maximum Gasteiger partial charge on any atom is 0.186 e. The summed E-state index contributed by atoms with van der Waals surface area (Å²) in [5, 5.41) is 8.03. The molecule has 1 aliphatic rings. The van der Waals surface area contributed by atoms with Gasteiger partial charge in [0.1, 0.15) is 5.69 Å². The lowest BCUT2D eigenvalue weighted by Crippen LogP contribution is -2.24. The Bertz CT molecular complexity index is 606. The van der Waals surface area contributed by atoms with Gasteiger partial charge in [-0.2, -0.15) is 0 Å². The van der Waals surface area contributed by atoms with E-state index >= 15 is 0 Å². The lowest BCUT2D eigenvalue weighted by molar-refractivity contribution is 0.0853. The predicted octanol–water partition coefficient (Wildman–Crippen LogP) is 3.67. The number of hydrogen-bond donors (Lipinski definition) is 0. The van der Waals surface area contributed by atoms with Gasteiger partial charge in [0.05, 0.1) is 11.9 Å². The van der Waals surface area contributed by atoms with Crippen molar-refractivity contribution in [2.24, 2.45) is 11.8 Å². The average Bonchev–Trinajstić information content (AvgIpc) is 3.04. The van der Waals surface area contributed by atoms with E-state index in [0.717, 1.165) is 24.9 Å². The second-order valence-corrected chi connectivity index (χ2v) is 5.87. The number of Topliss-reactive ketones (excluding diaryl/α,β-unsaturated/α-hetero) is 1. The van der Waals surface area contributed by atoms with Gasteiger partial charge in [-0.15, -0.1) is 5.10 Å². The van der Waals surface area contributed by atoms with E-state index in [1.165, 1.54) is 12.8 Å². The first-order valence-electron chi connectivity index (χ1n) is 7.80. The number of para-hydroxylation sites is 1. The Morgan fingerprint density at radius 1 is 1.29 bits per heavy atom. The summed E-state index contributed by atoms with van der Waals surface area (Å²) >= 11 is 0. The second-order valence-electron chi connectivity index (χ2n) is 5.87. The number of benzene rings is 1. The molecule has 1 fully saturated rings. The first kappa shape index (κ1) is 14.0. The third kappa shape index (κ3) is 2.89. The molecule has 0 spiro atoms. The molecule has 1 aromatic carbocycles. The van der Waals surface area contributed by atoms with Crippen LogP contribution in [-0.4, -0.2) is 20.8 Å². The summed E-state index contributed by atoms with van der Waals surface area (Å²) in [6.45, 7) is 2.22. The summed E-state index contributed by atoms with van der Waals surface area (Å²) < 4.78 is 1.66. The van der Waals surface area contributed by atoms with Crippen LogP contribution in [-0.2, 0) is 0 Å². The van der Waals surface area contributed by atoms with E-state index in [2.05, 4.69) is 17.2 Å². The van der Waals surface area contributed by atoms with Gasteiger partial charge in [-0.05, 0) is 30.9 Å². The van der Waals surface area contributed by atoms with Crippen molar-refractivity contribution < 1.29 is 4.79 Å². The zero-order valence-electron chi connectivity index (χ0n) is 12.4. The highest BCUT2D eigenvalue weighted by molar-refractivity contribution is 5.96. The minimum atomic E-state index is 0.129. The van der Waals surface area contributed by atoms with Gasteiger partial charge in [0.2, 0.25) is 0 Å². The minimum Gasteiger partial charge on any atom is -0.292 e. The standard InChI is InChI=1S/C17H21N3O/c1-2-13-7-6-8-14(11-13)17(21)16-12-18-19-20(16)15-9-4-3-5-10-15/h3-5,9-10,12-14H,2,6-8,11H2,1H3. The molecule has 0 N–H and O–H groups in total. The quantitative estimate of drug-likeness (QED) is 0.804. The molecule has 1 aliphatic carbocycles. The Labute approximate surface area is 125 Å². The Morgan fingerprint density at radius 3 is 2.86 bits per heavy atom. The van der Waals surface area contributed by atoms with Gasteiger partial charge in [0.15, 0.2) is 5.78 Å². The maximum absolute atomic E-state index is 12.8. The normalized spacial score (nSPS) is 22.1. The molecule has 1 heterocycles. The van der Waals surface area contributed by atoms with Crippen molar-refractivity contribution in [3.8, 4) is 5.69 Å². The number of ketones is 1. The van der Waals surface area contributed by atoms with Crippen LogP contribution in [0.5, 0.6) is 0 Å². The Hall–Kier alpha value is -1.97. The van der Waals surface area contributed by atoms with Crippen molar-refractivity contribution in [1.82, 2.24) is 15.0 Å². The molecule has 21 heavy (non-hydrogen) atoms. The molecule has 0 amide bonds. The number of carbonyl (C=O) groups excluding carboxylic acids is 1. The Kier molecular flexibility index (Phi) is 4.13. The molecule has 3 rings (SSSR count). The molecule has 1 aromatic heterocycles. The van der Waals surface area contributed by atoms with E-state index in [9.17, 15) is 4.79 Å². The number of aromatic nitrogens is 3. The molecular weight excluding hydrogens is 262 g/mol. The predicted molar refractivity (Wildman–Crippen MR) is 81.4 cm³/mol. The number of hydrogen-bond acceptors (Lipinski definition) is 3. The second kappa shape index (κ2) is 6.20. The molecule has 1 saturated carbocycles. The van der Waals surface area contributed by atoms with Gasteiger partial charge < -0.3 is 0 Å². The molecule has 4 nitrogen and oxygen atoms in total. The minimum absolute atomic E-state index is 0.129. The van der Waals surface area contributed by atoms with Crippen LogP contribution in [0.4, 0.5) is 0 Å². The zero-order chi connectivity index (χ0) is 14.7. The van der Waals surface area contributed by atoms with Gasteiger partial charge in [0.25, 0.3) is 0 Å². The van der Waals surface area contributed by atoms with Crippen molar-refractivity contribution in [2.75, 3.05) is 0 Å². The lowest BCUT2D eigenvalue weighted by atomic mass is 9.78. The lowest BCUT2D eigenvalue weighted by Gasteiger charge is -2.27. The molecule has 110 valence electrons. The van der Waals surface area contributed by atoms with Crippen molar-refractivity contribution in [1.29, 1.82) is 0 Å². The summed E-state index contributed by atoms with van der Waals surface area (Å²) in [6.07, 6.45) is 7.19. The molecular formula is C17H21N3O. The largest absolute Gasteiger partial charge is 0.292 e. The molecule has 0 aliphatic heterocycles. The highest BCUT2D eigenvalue weighted by Crippen LogP contribution is 2.33. The number of carbonyl (C=O) groups is 1. The first-order chi connectivity index (χ1) is 10.3. The van der Waals surface area contributed by atoms with Crippen molar-refractivity contribution >= 4 is 5.78 Å². The smallest absolute Gasteiger partial charge is 0.186 e. The molecule has 2 atom stereocenters. The van der Waals surface area contributed by atoms with E-state index < -0.39 is 0 Å². The average molecular weight is 283 g/mol. The molecule has 0 saturated heterocycles. The summed E-state index contributed by atoms with van der Waals surface area (Å²) in [4.78, 5) is 12.8. The molecule has 0 radical (unpaired) electrons. The molecule has 2 aromatic rings. The van der Waals surface area contributed by atoms with Gasteiger partial charge in [-0.25, -0.2) is 4.68 Å². The van der Waals surface area contributed by atoms with Crippen LogP contribution in [0.25, 0.3) is 5.69 Å². The molecule has 0 bridgehead atoms. The van der Waals surface area contributed by atoms with Gasteiger partial charge in [-0.1, -0.05) is 49.6 Å². The van der Waals surface area contributed by atoms with Crippen LogP contribution < -0.4 is 0 Å². The highest BCUT2D eigenvalue weighted by Gasteiger charge is 2.29. The van der Waals surface area contributed by atoms with E-state index in [1.807, 2.05) is 30.3 Å². The van der Waals surface area contributed by atoms with Crippen LogP contribution >= 0.6 is 0 Å². The van der Waals surface area contributed by atoms with Crippen LogP contribution in [0, 0.1) is 11.8 Å². The van der Waals surface area contributed by atoms with Crippen molar-refractivity contribution in [2.45, 2.75) is 39.0 Å². The summed E-state index contributed by atoms with van der Waals surface area (Å²) in [7, 11) is 0. The van der Waals surface area contributed by atoms with Crippen LogP contribution in [0.2, 0.25) is 0 Å². The van der Waals surface area contributed by atoms with E-state index in [4.69, 9.17) is 0 Å². The van der Waals surface area contributed by atoms with Crippen LogP contribution in [0.1, 0.15) is 49.5 Å². The van der Waals surface area contributed by atoms with Gasteiger partial charge in [-0.3, -0.25) is 4.79 Å². The van der Waals surface area contributed by atoms with E-state index in [1.54, 1.807) is 10.9 Å². The topological polar surface area (TPSA) is 47.8 Å².